The third kappa shape index (κ3) is 2.87. The minimum absolute atomic E-state index is 0.0576. The molecule has 19 heavy (non-hydrogen) atoms. The van der Waals surface area contributed by atoms with E-state index in [1.54, 1.807) is 12.1 Å². The minimum Gasteiger partial charge on any atom is -0.366 e. The van der Waals surface area contributed by atoms with Gasteiger partial charge in [0.2, 0.25) is 0 Å². The molecular weight excluding hydrogens is 242 g/mol. The monoisotopic (exact) mass is 263 g/mol. The third-order valence-electron chi connectivity index (χ3n) is 3.96. The van der Waals surface area contributed by atoms with Crippen molar-refractivity contribution in [3.63, 3.8) is 0 Å². The van der Waals surface area contributed by atoms with Crippen molar-refractivity contribution < 1.29 is 4.92 Å². The van der Waals surface area contributed by atoms with Crippen molar-refractivity contribution >= 4 is 11.4 Å². The van der Waals surface area contributed by atoms with Crippen LogP contribution in [0.5, 0.6) is 0 Å². The summed E-state index contributed by atoms with van der Waals surface area (Å²) >= 11 is 0. The van der Waals surface area contributed by atoms with Crippen molar-refractivity contribution in [1.82, 2.24) is 5.32 Å². The lowest BCUT2D eigenvalue weighted by molar-refractivity contribution is -0.384. The van der Waals surface area contributed by atoms with Crippen LogP contribution >= 0.6 is 0 Å². The molecule has 1 atom stereocenters. The molecule has 1 unspecified atom stereocenters. The molecule has 1 aliphatic heterocycles. The Labute approximate surface area is 113 Å². The highest BCUT2D eigenvalue weighted by Crippen LogP contribution is 2.33. The summed E-state index contributed by atoms with van der Waals surface area (Å²) in [6, 6.07) is 7.40. The number of nitro benzene ring substituents is 1. The van der Waals surface area contributed by atoms with Crippen molar-refractivity contribution in [2.75, 3.05) is 18.5 Å². The highest BCUT2D eigenvalue weighted by molar-refractivity contribution is 5.53. The number of nitrogens with zero attached hydrogens (tertiary/aromatic N) is 2. The number of non-ortho nitro benzene ring substituents is 1. The van der Waals surface area contributed by atoms with E-state index >= 15 is 0 Å². The van der Waals surface area contributed by atoms with Crippen LogP contribution in [0.25, 0.3) is 0 Å². The van der Waals surface area contributed by atoms with Gasteiger partial charge in [-0.15, -0.1) is 0 Å². The first kappa shape index (κ1) is 13.8. The van der Waals surface area contributed by atoms with Crippen LogP contribution < -0.4 is 10.2 Å². The Hall–Kier alpha value is -1.62. The molecule has 0 radical (unpaired) electrons. The van der Waals surface area contributed by atoms with Gasteiger partial charge in [-0.1, -0.05) is 0 Å². The van der Waals surface area contributed by atoms with Gasteiger partial charge in [0.1, 0.15) is 0 Å². The van der Waals surface area contributed by atoms with E-state index in [2.05, 4.69) is 24.1 Å². The number of benzene rings is 1. The summed E-state index contributed by atoms with van der Waals surface area (Å²) in [5.41, 5.74) is 1.26. The number of anilines is 1. The summed E-state index contributed by atoms with van der Waals surface area (Å²) in [6.45, 7) is 5.41. The molecule has 1 heterocycles. The Bertz CT molecular complexity index is 456. The van der Waals surface area contributed by atoms with Crippen molar-refractivity contribution in [3.05, 3.63) is 34.4 Å². The molecule has 1 N–H and O–H groups in total. The molecule has 2 rings (SSSR count). The normalized spacial score (nSPS) is 22.3. The fraction of sp³-hybridized carbons (Fsp3) is 0.571. The van der Waals surface area contributed by atoms with Crippen LogP contribution in [0, 0.1) is 10.1 Å². The predicted molar refractivity (Wildman–Crippen MR) is 76.6 cm³/mol. The highest BCUT2D eigenvalue weighted by Gasteiger charge is 2.34. The lowest BCUT2D eigenvalue weighted by atomic mass is 9.86. The van der Waals surface area contributed by atoms with Crippen molar-refractivity contribution in [3.8, 4) is 0 Å². The van der Waals surface area contributed by atoms with E-state index in [1.807, 2.05) is 19.2 Å². The van der Waals surface area contributed by atoms with Crippen LogP contribution in [0.2, 0.25) is 0 Å². The van der Waals surface area contributed by atoms with Gasteiger partial charge in [-0.2, -0.15) is 0 Å². The van der Waals surface area contributed by atoms with E-state index in [-0.39, 0.29) is 16.1 Å². The van der Waals surface area contributed by atoms with Crippen LogP contribution in [-0.4, -0.2) is 30.1 Å². The molecule has 1 fully saturated rings. The van der Waals surface area contributed by atoms with E-state index in [9.17, 15) is 10.1 Å². The molecule has 1 aliphatic rings. The molecule has 0 saturated carbocycles. The summed E-state index contributed by atoms with van der Waals surface area (Å²) < 4.78 is 0. The molecular formula is C14H21N3O2. The number of nitro groups is 1. The van der Waals surface area contributed by atoms with E-state index in [1.165, 1.54) is 0 Å². The average molecular weight is 263 g/mol. The third-order valence-corrected chi connectivity index (χ3v) is 3.96. The summed E-state index contributed by atoms with van der Waals surface area (Å²) in [6.07, 6.45) is 2.16. The first-order valence-corrected chi connectivity index (χ1v) is 6.63. The van der Waals surface area contributed by atoms with Gasteiger partial charge in [-0.05, 0) is 45.9 Å². The molecule has 0 spiro atoms. The molecule has 104 valence electrons. The predicted octanol–water partition coefficient (Wildman–Crippen LogP) is 2.56. The summed E-state index contributed by atoms with van der Waals surface area (Å²) in [4.78, 5) is 12.7. The Kier molecular flexibility index (Phi) is 3.75. The molecule has 0 aromatic heterocycles. The zero-order chi connectivity index (χ0) is 14.0. The quantitative estimate of drug-likeness (QED) is 0.672. The number of hydrogen-bond donors (Lipinski definition) is 1. The van der Waals surface area contributed by atoms with Gasteiger partial charge < -0.3 is 10.2 Å². The van der Waals surface area contributed by atoms with Gasteiger partial charge in [0.05, 0.1) is 4.92 Å². The summed E-state index contributed by atoms with van der Waals surface area (Å²) in [5.74, 6) is 0. The fourth-order valence-electron chi connectivity index (χ4n) is 2.88. The number of nitrogens with one attached hydrogen (secondary N) is 1. The number of hydrogen-bond acceptors (Lipinski definition) is 4. The standard InChI is InChI=1S/C14H21N3O2/c1-14(2)10-11(15-3)8-9-16(14)12-4-6-13(7-5-12)17(18)19/h4-7,11,15H,8-10H2,1-3H3. The number of piperidine rings is 1. The molecule has 5 heteroatoms. The lowest BCUT2D eigenvalue weighted by Gasteiger charge is -2.47. The zero-order valence-corrected chi connectivity index (χ0v) is 11.7. The first-order chi connectivity index (χ1) is 8.94. The van der Waals surface area contributed by atoms with E-state index in [0.717, 1.165) is 25.1 Å². The second-order valence-corrected chi connectivity index (χ2v) is 5.72. The van der Waals surface area contributed by atoms with E-state index < -0.39 is 0 Å². The Morgan fingerprint density at radius 3 is 2.47 bits per heavy atom. The summed E-state index contributed by atoms with van der Waals surface area (Å²) in [7, 11) is 2.00. The van der Waals surface area contributed by atoms with E-state index in [4.69, 9.17) is 0 Å². The maximum Gasteiger partial charge on any atom is 0.269 e. The fourth-order valence-corrected chi connectivity index (χ4v) is 2.88. The molecule has 0 bridgehead atoms. The maximum absolute atomic E-state index is 10.7. The van der Waals surface area contributed by atoms with Gasteiger partial charge in [0.15, 0.2) is 0 Å². The Morgan fingerprint density at radius 1 is 1.37 bits per heavy atom. The largest absolute Gasteiger partial charge is 0.366 e. The Balaban J connectivity index is 2.19. The van der Waals surface area contributed by atoms with Crippen molar-refractivity contribution in [2.24, 2.45) is 0 Å². The van der Waals surface area contributed by atoms with Crippen LogP contribution in [0.1, 0.15) is 26.7 Å². The Morgan fingerprint density at radius 2 is 2.00 bits per heavy atom. The van der Waals surface area contributed by atoms with Crippen molar-refractivity contribution in [2.45, 2.75) is 38.3 Å². The number of rotatable bonds is 3. The smallest absolute Gasteiger partial charge is 0.269 e. The van der Waals surface area contributed by atoms with Gasteiger partial charge in [-0.3, -0.25) is 10.1 Å². The molecule has 0 aliphatic carbocycles. The van der Waals surface area contributed by atoms with Crippen LogP contribution in [0.3, 0.4) is 0 Å². The van der Waals surface area contributed by atoms with E-state index in [0.29, 0.717) is 6.04 Å². The molecule has 5 nitrogen and oxygen atoms in total. The van der Waals surface area contributed by atoms with Gasteiger partial charge in [0, 0.05) is 35.9 Å². The SMILES string of the molecule is CNC1CCN(c2ccc([N+](=O)[O-])cc2)C(C)(C)C1. The second kappa shape index (κ2) is 5.17. The lowest BCUT2D eigenvalue weighted by Crippen LogP contribution is -2.54. The molecule has 1 aromatic rings. The van der Waals surface area contributed by atoms with Crippen molar-refractivity contribution in [1.29, 1.82) is 0 Å². The minimum atomic E-state index is -0.359. The molecule has 0 amide bonds. The average Bonchev–Trinajstić information content (AvgIpc) is 2.37. The van der Waals surface area contributed by atoms with Gasteiger partial charge >= 0.3 is 0 Å². The van der Waals surface area contributed by atoms with Crippen LogP contribution in [-0.2, 0) is 0 Å². The van der Waals surface area contributed by atoms with Gasteiger partial charge in [0.25, 0.3) is 5.69 Å². The van der Waals surface area contributed by atoms with Crippen LogP contribution in [0.4, 0.5) is 11.4 Å². The molecule has 1 saturated heterocycles. The second-order valence-electron chi connectivity index (χ2n) is 5.72. The maximum atomic E-state index is 10.7. The topological polar surface area (TPSA) is 58.4 Å². The first-order valence-electron chi connectivity index (χ1n) is 6.63. The van der Waals surface area contributed by atoms with Crippen LogP contribution in [0.15, 0.2) is 24.3 Å². The summed E-state index contributed by atoms with van der Waals surface area (Å²) in [5, 5.41) is 14.0. The zero-order valence-electron chi connectivity index (χ0n) is 11.7. The highest BCUT2D eigenvalue weighted by atomic mass is 16.6. The van der Waals surface area contributed by atoms with Gasteiger partial charge in [-0.25, -0.2) is 0 Å². The molecule has 1 aromatic carbocycles.